The van der Waals surface area contributed by atoms with Crippen molar-refractivity contribution in [1.82, 2.24) is 19.5 Å². The van der Waals surface area contributed by atoms with E-state index >= 15 is 0 Å². The Kier molecular flexibility index (Phi) is 5.43. The number of hydrogen-bond donors (Lipinski definition) is 3. The predicted octanol–water partition coefficient (Wildman–Crippen LogP) is 3.19. The number of imidazole rings is 1. The minimum Gasteiger partial charge on any atom is -0.384 e. The number of hydrogen-bond acceptors (Lipinski definition) is 5. The van der Waals surface area contributed by atoms with E-state index in [0.29, 0.717) is 12.4 Å². The molecule has 0 radical (unpaired) electrons. The van der Waals surface area contributed by atoms with Gasteiger partial charge >= 0.3 is 6.18 Å². The van der Waals surface area contributed by atoms with E-state index < -0.39 is 22.8 Å². The van der Waals surface area contributed by atoms with E-state index in [1.807, 2.05) is 5.92 Å². The van der Waals surface area contributed by atoms with Gasteiger partial charge in [-0.3, -0.25) is 4.79 Å². The van der Waals surface area contributed by atoms with E-state index in [-0.39, 0.29) is 28.1 Å². The van der Waals surface area contributed by atoms with Gasteiger partial charge in [0.1, 0.15) is 28.5 Å². The number of nitrogens with one attached hydrogen (secondary N) is 1. The number of aliphatic hydroxyl groups is 1. The van der Waals surface area contributed by atoms with Crippen molar-refractivity contribution in [3.63, 3.8) is 0 Å². The van der Waals surface area contributed by atoms with E-state index in [0.717, 1.165) is 12.1 Å². The summed E-state index contributed by atoms with van der Waals surface area (Å²) in [6.07, 6.45) is -2.01. The van der Waals surface area contributed by atoms with Crippen molar-refractivity contribution in [3.05, 3.63) is 76.3 Å². The van der Waals surface area contributed by atoms with Gasteiger partial charge in [0.25, 0.3) is 0 Å². The van der Waals surface area contributed by atoms with Crippen molar-refractivity contribution < 1.29 is 18.3 Å². The molecule has 7 nitrogen and oxygen atoms in total. The van der Waals surface area contributed by atoms with E-state index in [2.05, 4.69) is 20.9 Å². The lowest BCUT2D eigenvalue weighted by molar-refractivity contribution is -0.240. The number of alkyl halides is 3. The van der Waals surface area contributed by atoms with Crippen LogP contribution in [0.15, 0.2) is 59.7 Å². The van der Waals surface area contributed by atoms with Crippen LogP contribution in [0.4, 0.5) is 19.0 Å². The number of anilines is 1. The first-order valence-corrected chi connectivity index (χ1v) is 9.88. The lowest BCUT2D eigenvalue weighted by Gasteiger charge is -2.25. The van der Waals surface area contributed by atoms with E-state index in [9.17, 15) is 23.1 Å². The summed E-state index contributed by atoms with van der Waals surface area (Å²) in [5, 5.41) is 10.6. The Hall–Kier alpha value is -4.10. The highest BCUT2D eigenvalue weighted by Crippen LogP contribution is 2.38. The molecule has 4 aromatic rings. The minimum absolute atomic E-state index is 0.0622. The molecule has 0 aliphatic heterocycles. The van der Waals surface area contributed by atoms with E-state index in [1.165, 1.54) is 36.5 Å². The standard InChI is InChI=1S/C23H18F3N5O2/c1-2-31-19(27)17(20-28-12-13-29-20)18(32)16-9-8-15(30-21(16)31)10-11-22(33,23(24,25)26)14-6-4-3-5-7-14/h3-9,12-13,33H,2,27H2,1H3,(H,28,29). The number of halogens is 3. The number of fused-ring (bicyclic) bond motifs is 1. The number of aromatic nitrogens is 4. The third-order valence-corrected chi connectivity index (χ3v) is 5.17. The van der Waals surface area contributed by atoms with Crippen molar-refractivity contribution in [2.45, 2.75) is 25.2 Å². The molecule has 0 aliphatic carbocycles. The Morgan fingerprint density at radius 3 is 2.52 bits per heavy atom. The van der Waals surface area contributed by atoms with Gasteiger partial charge in [0.15, 0.2) is 0 Å². The van der Waals surface area contributed by atoms with E-state index in [1.54, 1.807) is 17.7 Å². The average molecular weight is 453 g/mol. The number of rotatable bonds is 3. The number of benzene rings is 1. The zero-order valence-electron chi connectivity index (χ0n) is 17.3. The molecular formula is C23H18F3N5O2. The predicted molar refractivity (Wildman–Crippen MR) is 117 cm³/mol. The summed E-state index contributed by atoms with van der Waals surface area (Å²) in [7, 11) is 0. The van der Waals surface area contributed by atoms with Gasteiger partial charge in [-0.15, -0.1) is 0 Å². The van der Waals surface area contributed by atoms with Gasteiger partial charge in [-0.25, -0.2) is 9.97 Å². The fourth-order valence-corrected chi connectivity index (χ4v) is 3.49. The number of aryl methyl sites for hydroxylation is 1. The van der Waals surface area contributed by atoms with Crippen LogP contribution in [-0.4, -0.2) is 30.8 Å². The summed E-state index contributed by atoms with van der Waals surface area (Å²) in [6.45, 7) is 2.11. The minimum atomic E-state index is -5.05. The highest BCUT2D eigenvalue weighted by atomic mass is 19.4. The van der Waals surface area contributed by atoms with Gasteiger partial charge in [0.05, 0.1) is 5.39 Å². The van der Waals surface area contributed by atoms with Crippen LogP contribution in [0.5, 0.6) is 0 Å². The van der Waals surface area contributed by atoms with Crippen LogP contribution in [0.3, 0.4) is 0 Å². The first-order chi connectivity index (χ1) is 15.7. The molecule has 3 heterocycles. The number of aromatic amines is 1. The normalized spacial score (nSPS) is 13.4. The second-order valence-electron chi connectivity index (χ2n) is 7.16. The van der Waals surface area contributed by atoms with Gasteiger partial charge < -0.3 is 20.4 Å². The Labute approximate surface area is 185 Å². The molecule has 33 heavy (non-hydrogen) atoms. The van der Waals surface area contributed by atoms with Gasteiger partial charge in [0.2, 0.25) is 11.0 Å². The van der Waals surface area contributed by atoms with Crippen molar-refractivity contribution >= 4 is 16.9 Å². The topological polar surface area (TPSA) is 110 Å². The Morgan fingerprint density at radius 1 is 1.18 bits per heavy atom. The number of nitrogen functional groups attached to an aromatic ring is 1. The molecule has 0 amide bonds. The number of nitrogens with zero attached hydrogens (tertiary/aromatic N) is 3. The van der Waals surface area contributed by atoms with Gasteiger partial charge in [0, 0.05) is 24.5 Å². The summed E-state index contributed by atoms with van der Waals surface area (Å²) >= 11 is 0. The average Bonchev–Trinajstić information content (AvgIpc) is 3.32. The Morgan fingerprint density at radius 2 is 1.91 bits per heavy atom. The van der Waals surface area contributed by atoms with Crippen molar-refractivity contribution in [2.24, 2.45) is 0 Å². The lowest BCUT2D eigenvalue weighted by atomic mass is 9.93. The zero-order chi connectivity index (χ0) is 23.8. The molecule has 0 fully saturated rings. The molecule has 0 spiro atoms. The van der Waals surface area contributed by atoms with Crippen LogP contribution >= 0.6 is 0 Å². The summed E-state index contributed by atoms with van der Waals surface area (Å²) in [5.41, 5.74) is 2.26. The molecule has 0 aliphatic rings. The van der Waals surface area contributed by atoms with E-state index in [4.69, 9.17) is 5.73 Å². The van der Waals surface area contributed by atoms with Crippen molar-refractivity contribution in [3.8, 4) is 23.2 Å². The van der Waals surface area contributed by atoms with Crippen molar-refractivity contribution in [2.75, 3.05) is 5.73 Å². The third kappa shape index (κ3) is 3.72. The monoisotopic (exact) mass is 453 g/mol. The molecule has 0 saturated carbocycles. The Balaban J connectivity index is 1.89. The van der Waals surface area contributed by atoms with Gasteiger partial charge in [-0.05, 0) is 30.9 Å². The summed E-state index contributed by atoms with van der Waals surface area (Å²) in [4.78, 5) is 24.2. The molecule has 168 valence electrons. The van der Waals surface area contributed by atoms with Crippen LogP contribution < -0.4 is 11.2 Å². The highest BCUT2D eigenvalue weighted by Gasteiger charge is 2.54. The zero-order valence-corrected chi connectivity index (χ0v) is 17.3. The van der Waals surface area contributed by atoms with Crippen LogP contribution in [0.25, 0.3) is 22.4 Å². The maximum absolute atomic E-state index is 13.7. The summed E-state index contributed by atoms with van der Waals surface area (Å²) in [6, 6.07) is 9.30. The largest absolute Gasteiger partial charge is 0.433 e. The van der Waals surface area contributed by atoms with Crippen LogP contribution in [0.1, 0.15) is 18.2 Å². The fourth-order valence-electron chi connectivity index (χ4n) is 3.49. The molecule has 10 heteroatoms. The molecular weight excluding hydrogens is 435 g/mol. The quantitative estimate of drug-likeness (QED) is 0.413. The lowest BCUT2D eigenvalue weighted by Crippen LogP contribution is -2.41. The fraction of sp³-hybridized carbons (Fsp3) is 0.174. The second kappa shape index (κ2) is 8.11. The molecule has 0 saturated heterocycles. The first kappa shape index (κ1) is 22.1. The molecule has 0 bridgehead atoms. The maximum atomic E-state index is 13.7. The van der Waals surface area contributed by atoms with Gasteiger partial charge in [-0.1, -0.05) is 30.3 Å². The number of pyridine rings is 2. The molecule has 3 aromatic heterocycles. The smallest absolute Gasteiger partial charge is 0.384 e. The van der Waals surface area contributed by atoms with Gasteiger partial charge in [-0.2, -0.15) is 13.2 Å². The molecule has 4 rings (SSSR count). The maximum Gasteiger partial charge on any atom is 0.433 e. The molecule has 1 unspecified atom stereocenters. The third-order valence-electron chi connectivity index (χ3n) is 5.17. The van der Waals surface area contributed by atoms with Crippen LogP contribution in [0, 0.1) is 11.8 Å². The van der Waals surface area contributed by atoms with Crippen LogP contribution in [0.2, 0.25) is 0 Å². The molecule has 1 aromatic carbocycles. The summed E-state index contributed by atoms with van der Waals surface area (Å²) < 4.78 is 42.7. The first-order valence-electron chi connectivity index (χ1n) is 9.88. The van der Waals surface area contributed by atoms with Crippen LogP contribution in [-0.2, 0) is 12.1 Å². The molecule has 1 atom stereocenters. The molecule has 4 N–H and O–H groups in total. The SMILES string of the molecule is CCn1c(N)c(-c2ncc[nH]2)c(=O)c2ccc(C#CC(O)(c3ccccc3)C(F)(F)F)nc21. The van der Waals surface area contributed by atoms with Crippen molar-refractivity contribution in [1.29, 1.82) is 0 Å². The summed E-state index contributed by atoms with van der Waals surface area (Å²) in [5.74, 6) is 4.63. The second-order valence-corrected chi connectivity index (χ2v) is 7.16. The number of nitrogens with two attached hydrogens (primary N) is 1. The number of H-pyrrole nitrogens is 1. The Bertz CT molecular complexity index is 1430. The highest BCUT2D eigenvalue weighted by molar-refractivity contribution is 5.86.